The van der Waals surface area contributed by atoms with Crippen LogP contribution in [0.4, 0.5) is 5.69 Å². The fraction of sp³-hybridized carbons (Fsp3) is 0.167. The van der Waals surface area contributed by atoms with Crippen LogP contribution >= 0.6 is 0 Å². The summed E-state index contributed by atoms with van der Waals surface area (Å²) in [5, 5.41) is 7.74. The Balaban J connectivity index is 1.56. The number of benzene rings is 3. The van der Waals surface area contributed by atoms with Crippen molar-refractivity contribution in [2.24, 2.45) is 0 Å². The maximum Gasteiger partial charge on any atom is 0.279 e. The molecule has 3 rings (SSSR count). The summed E-state index contributed by atoms with van der Waals surface area (Å²) in [6.45, 7) is 2.77. The number of para-hydroxylation sites is 1. The Morgan fingerprint density at radius 1 is 0.862 bits per heavy atom. The minimum absolute atomic E-state index is 0.143. The lowest BCUT2D eigenvalue weighted by atomic mass is 10.1. The first kappa shape index (κ1) is 20.3. The molecule has 4 N–H and O–H groups in total. The molecular weight excluding hydrogens is 362 g/mol. The third-order valence-electron chi connectivity index (χ3n) is 4.72. The Morgan fingerprint density at radius 2 is 1.48 bits per heavy atom. The van der Waals surface area contributed by atoms with E-state index in [9.17, 15) is 9.59 Å². The van der Waals surface area contributed by atoms with Gasteiger partial charge in [-0.05, 0) is 24.6 Å². The van der Waals surface area contributed by atoms with Crippen molar-refractivity contribution in [1.82, 2.24) is 5.32 Å². The van der Waals surface area contributed by atoms with Crippen LogP contribution in [0, 0.1) is 0 Å². The summed E-state index contributed by atoms with van der Waals surface area (Å²) in [6.07, 6.45) is 0. The number of anilines is 1. The van der Waals surface area contributed by atoms with Crippen LogP contribution in [0.1, 0.15) is 34.5 Å². The van der Waals surface area contributed by atoms with E-state index in [0.717, 1.165) is 5.56 Å². The van der Waals surface area contributed by atoms with E-state index in [1.54, 1.807) is 24.3 Å². The highest BCUT2D eigenvalue weighted by atomic mass is 16.2. The van der Waals surface area contributed by atoms with Crippen molar-refractivity contribution in [2.45, 2.75) is 19.5 Å². The van der Waals surface area contributed by atoms with Gasteiger partial charge < -0.3 is 16.0 Å². The Hall–Kier alpha value is -3.44. The van der Waals surface area contributed by atoms with Crippen LogP contribution in [-0.2, 0) is 11.3 Å². The van der Waals surface area contributed by atoms with Gasteiger partial charge in [-0.3, -0.25) is 9.59 Å². The Bertz CT molecular complexity index is 943. The maximum atomic E-state index is 12.6. The molecule has 5 nitrogen and oxygen atoms in total. The summed E-state index contributed by atoms with van der Waals surface area (Å²) < 4.78 is 0. The molecule has 0 unspecified atom stereocenters. The lowest BCUT2D eigenvalue weighted by Gasteiger charge is -2.13. The molecule has 0 aromatic heterocycles. The molecule has 2 amide bonds. The van der Waals surface area contributed by atoms with Crippen molar-refractivity contribution in [3.8, 4) is 0 Å². The smallest absolute Gasteiger partial charge is 0.279 e. The highest BCUT2D eigenvalue weighted by Crippen LogP contribution is 2.15. The summed E-state index contributed by atoms with van der Waals surface area (Å²) in [6, 6.07) is 27.0. The third kappa shape index (κ3) is 6.02. The van der Waals surface area contributed by atoms with Gasteiger partial charge in [0.05, 0.1) is 11.3 Å². The number of carbonyl (C=O) groups is 2. The monoisotopic (exact) mass is 388 g/mol. The molecular formula is C24H26N3O2+. The molecule has 3 aromatic rings. The highest BCUT2D eigenvalue weighted by molar-refractivity contribution is 6.03. The molecule has 5 heteroatoms. The number of hydrogen-bond donors (Lipinski definition) is 3. The van der Waals surface area contributed by atoms with E-state index < -0.39 is 0 Å². The minimum atomic E-state index is -0.216. The highest BCUT2D eigenvalue weighted by Gasteiger charge is 2.15. The second-order valence-electron chi connectivity index (χ2n) is 6.90. The van der Waals surface area contributed by atoms with Gasteiger partial charge in [0.2, 0.25) is 0 Å². The van der Waals surface area contributed by atoms with Gasteiger partial charge in [0, 0.05) is 12.1 Å². The quantitative estimate of drug-likeness (QED) is 0.555. The van der Waals surface area contributed by atoms with Gasteiger partial charge >= 0.3 is 0 Å². The number of rotatable bonds is 8. The number of quaternary nitrogens is 1. The van der Waals surface area contributed by atoms with Crippen molar-refractivity contribution < 1.29 is 14.9 Å². The van der Waals surface area contributed by atoms with Crippen LogP contribution in [0.5, 0.6) is 0 Å². The zero-order valence-electron chi connectivity index (χ0n) is 16.5. The first-order valence-corrected chi connectivity index (χ1v) is 9.73. The largest absolute Gasteiger partial charge is 0.348 e. The number of hydrogen-bond acceptors (Lipinski definition) is 2. The molecule has 0 spiro atoms. The van der Waals surface area contributed by atoms with Gasteiger partial charge in [-0.15, -0.1) is 0 Å². The number of nitrogens with two attached hydrogens (primary N) is 1. The third-order valence-corrected chi connectivity index (χ3v) is 4.72. The Labute approximate surface area is 171 Å². The second-order valence-corrected chi connectivity index (χ2v) is 6.90. The summed E-state index contributed by atoms with van der Waals surface area (Å²) >= 11 is 0. The van der Waals surface area contributed by atoms with E-state index in [2.05, 4.69) is 17.6 Å². The fourth-order valence-electron chi connectivity index (χ4n) is 3.04. The van der Waals surface area contributed by atoms with Crippen LogP contribution < -0.4 is 16.0 Å². The predicted molar refractivity (Wildman–Crippen MR) is 114 cm³/mol. The molecule has 1 atom stereocenters. The van der Waals surface area contributed by atoms with Gasteiger partial charge in [-0.2, -0.15) is 0 Å². The van der Waals surface area contributed by atoms with E-state index in [1.807, 2.05) is 66.0 Å². The van der Waals surface area contributed by atoms with E-state index in [-0.39, 0.29) is 24.4 Å². The molecule has 3 aromatic carbocycles. The second kappa shape index (κ2) is 10.2. The van der Waals surface area contributed by atoms with Crippen molar-refractivity contribution in [2.75, 3.05) is 11.9 Å². The number of carbonyl (C=O) groups excluding carboxylic acids is 2. The summed E-state index contributed by atoms with van der Waals surface area (Å²) in [5.41, 5.74) is 3.16. The first-order chi connectivity index (χ1) is 14.1. The molecule has 0 saturated carbocycles. The van der Waals surface area contributed by atoms with Gasteiger partial charge in [0.1, 0.15) is 6.04 Å². The molecule has 0 saturated heterocycles. The molecule has 0 fully saturated rings. The van der Waals surface area contributed by atoms with E-state index in [4.69, 9.17) is 0 Å². The SMILES string of the molecule is C[C@H]([NH2+]CC(=O)Nc1ccccc1C(=O)NCc1ccccc1)c1ccccc1. The van der Waals surface area contributed by atoms with Gasteiger partial charge in [0.25, 0.3) is 11.8 Å². The van der Waals surface area contributed by atoms with Crippen molar-refractivity contribution in [1.29, 1.82) is 0 Å². The van der Waals surface area contributed by atoms with Gasteiger partial charge in [-0.25, -0.2) is 0 Å². The minimum Gasteiger partial charge on any atom is -0.348 e. The first-order valence-electron chi connectivity index (χ1n) is 9.73. The molecule has 0 radical (unpaired) electrons. The Morgan fingerprint density at radius 3 is 2.21 bits per heavy atom. The topological polar surface area (TPSA) is 74.8 Å². The fourth-order valence-corrected chi connectivity index (χ4v) is 3.04. The van der Waals surface area contributed by atoms with Crippen molar-refractivity contribution in [3.63, 3.8) is 0 Å². The van der Waals surface area contributed by atoms with Crippen molar-refractivity contribution >= 4 is 17.5 Å². The Kier molecular flexibility index (Phi) is 7.14. The molecule has 0 aliphatic heterocycles. The lowest BCUT2D eigenvalue weighted by Crippen LogP contribution is -2.86. The lowest BCUT2D eigenvalue weighted by molar-refractivity contribution is -0.682. The van der Waals surface area contributed by atoms with E-state index in [0.29, 0.717) is 17.8 Å². The summed E-state index contributed by atoms with van der Waals surface area (Å²) in [5.74, 6) is -0.359. The van der Waals surface area contributed by atoms with Crippen LogP contribution in [0.3, 0.4) is 0 Å². The normalized spacial score (nSPS) is 11.5. The number of amides is 2. The van der Waals surface area contributed by atoms with Crippen LogP contribution in [0.25, 0.3) is 0 Å². The molecule has 0 aliphatic carbocycles. The van der Waals surface area contributed by atoms with Crippen LogP contribution in [0.2, 0.25) is 0 Å². The van der Waals surface area contributed by atoms with E-state index >= 15 is 0 Å². The maximum absolute atomic E-state index is 12.6. The molecule has 0 heterocycles. The summed E-state index contributed by atoms with van der Waals surface area (Å²) in [4.78, 5) is 25.0. The van der Waals surface area contributed by atoms with Crippen LogP contribution in [-0.4, -0.2) is 18.4 Å². The average Bonchev–Trinajstić information content (AvgIpc) is 2.77. The molecule has 29 heavy (non-hydrogen) atoms. The standard InChI is InChI=1S/C24H25N3O2/c1-18(20-12-6-3-7-13-20)25-17-23(28)27-22-15-9-8-14-21(22)24(29)26-16-19-10-4-2-5-11-19/h2-15,18,25H,16-17H2,1H3,(H,26,29)(H,27,28)/p+1/t18-/m0/s1. The zero-order valence-corrected chi connectivity index (χ0v) is 16.5. The zero-order chi connectivity index (χ0) is 20.5. The van der Waals surface area contributed by atoms with Gasteiger partial charge in [-0.1, -0.05) is 72.8 Å². The van der Waals surface area contributed by atoms with Crippen molar-refractivity contribution in [3.05, 3.63) is 102 Å². The van der Waals surface area contributed by atoms with E-state index in [1.165, 1.54) is 5.56 Å². The summed E-state index contributed by atoms with van der Waals surface area (Å²) in [7, 11) is 0. The average molecular weight is 388 g/mol. The molecule has 0 bridgehead atoms. The number of nitrogens with one attached hydrogen (secondary N) is 2. The molecule has 0 aliphatic rings. The predicted octanol–water partition coefficient (Wildman–Crippen LogP) is 2.88. The van der Waals surface area contributed by atoms with Gasteiger partial charge in [0.15, 0.2) is 6.54 Å². The van der Waals surface area contributed by atoms with Crippen LogP contribution in [0.15, 0.2) is 84.9 Å². The molecule has 148 valence electrons.